The molecular formula is C17H26N2O2S. The number of carbonyl (C=O) groups excluding carboxylic acids is 2. The summed E-state index contributed by atoms with van der Waals surface area (Å²) in [4.78, 5) is 24.5. The quantitative estimate of drug-likeness (QED) is 0.831. The number of hydrogen-bond acceptors (Lipinski definition) is 3. The van der Waals surface area contributed by atoms with E-state index in [0.29, 0.717) is 0 Å². The maximum atomic E-state index is 12.0. The SMILES string of the molecule is CC(C)NC(=O)NC(=O)[C@@H](C)Sc1ccc(C(C)(C)C)cc1. The van der Waals surface area contributed by atoms with E-state index in [2.05, 4.69) is 43.5 Å². The molecular weight excluding hydrogens is 296 g/mol. The van der Waals surface area contributed by atoms with Crippen LogP contribution in [0.4, 0.5) is 4.79 Å². The topological polar surface area (TPSA) is 58.2 Å². The minimum Gasteiger partial charge on any atom is -0.336 e. The van der Waals surface area contributed by atoms with Crippen molar-refractivity contribution in [2.24, 2.45) is 0 Å². The highest BCUT2D eigenvalue weighted by Crippen LogP contribution is 2.27. The van der Waals surface area contributed by atoms with Crippen molar-refractivity contribution in [1.29, 1.82) is 0 Å². The van der Waals surface area contributed by atoms with Gasteiger partial charge < -0.3 is 5.32 Å². The van der Waals surface area contributed by atoms with Crippen molar-refractivity contribution in [2.45, 2.75) is 63.1 Å². The summed E-state index contributed by atoms with van der Waals surface area (Å²) >= 11 is 1.44. The largest absolute Gasteiger partial charge is 0.336 e. The highest BCUT2D eigenvalue weighted by Gasteiger charge is 2.18. The molecule has 0 heterocycles. The molecule has 5 heteroatoms. The van der Waals surface area contributed by atoms with Gasteiger partial charge in [-0.1, -0.05) is 32.9 Å². The zero-order chi connectivity index (χ0) is 16.9. The van der Waals surface area contributed by atoms with Crippen LogP contribution >= 0.6 is 11.8 Å². The molecule has 0 saturated carbocycles. The van der Waals surface area contributed by atoms with Gasteiger partial charge in [0.1, 0.15) is 0 Å². The minimum atomic E-state index is -0.449. The molecule has 0 aliphatic rings. The normalized spacial score (nSPS) is 12.9. The fraction of sp³-hybridized carbons (Fsp3) is 0.529. The van der Waals surface area contributed by atoms with Crippen LogP contribution < -0.4 is 10.6 Å². The lowest BCUT2D eigenvalue weighted by Crippen LogP contribution is -2.45. The van der Waals surface area contributed by atoms with Crippen LogP contribution in [-0.2, 0) is 10.2 Å². The first kappa shape index (κ1) is 18.6. The lowest BCUT2D eigenvalue weighted by atomic mass is 9.87. The summed E-state index contributed by atoms with van der Waals surface area (Å²) in [6.07, 6.45) is 0. The predicted octanol–water partition coefficient (Wildman–Crippen LogP) is 3.70. The maximum Gasteiger partial charge on any atom is 0.321 e. The molecule has 1 atom stereocenters. The van der Waals surface area contributed by atoms with Gasteiger partial charge in [-0.05, 0) is 43.9 Å². The van der Waals surface area contributed by atoms with Crippen molar-refractivity contribution in [3.05, 3.63) is 29.8 Å². The zero-order valence-corrected chi connectivity index (χ0v) is 15.0. The van der Waals surface area contributed by atoms with Crippen molar-refractivity contribution < 1.29 is 9.59 Å². The fourth-order valence-electron chi connectivity index (χ4n) is 1.80. The summed E-state index contributed by atoms with van der Waals surface area (Å²) < 4.78 is 0. The first-order chi connectivity index (χ1) is 10.1. The molecule has 1 aromatic rings. The Bertz CT molecular complexity index is 518. The molecule has 122 valence electrons. The van der Waals surface area contributed by atoms with E-state index < -0.39 is 6.03 Å². The van der Waals surface area contributed by atoms with Gasteiger partial charge in [0.15, 0.2) is 0 Å². The van der Waals surface area contributed by atoms with Gasteiger partial charge in [0.2, 0.25) is 5.91 Å². The van der Waals surface area contributed by atoms with Crippen LogP contribution in [-0.4, -0.2) is 23.2 Å². The van der Waals surface area contributed by atoms with Crippen molar-refractivity contribution in [3.63, 3.8) is 0 Å². The molecule has 0 fully saturated rings. The molecule has 4 nitrogen and oxygen atoms in total. The van der Waals surface area contributed by atoms with E-state index in [1.165, 1.54) is 17.3 Å². The third-order valence-corrected chi connectivity index (χ3v) is 4.17. The summed E-state index contributed by atoms with van der Waals surface area (Å²) in [5.74, 6) is -0.289. The number of rotatable bonds is 4. The van der Waals surface area contributed by atoms with Crippen molar-refractivity contribution in [3.8, 4) is 0 Å². The molecule has 0 saturated heterocycles. The van der Waals surface area contributed by atoms with Crippen molar-refractivity contribution in [1.82, 2.24) is 10.6 Å². The number of benzene rings is 1. The van der Waals surface area contributed by atoms with Crippen molar-refractivity contribution in [2.75, 3.05) is 0 Å². The first-order valence-electron chi connectivity index (χ1n) is 7.48. The maximum absolute atomic E-state index is 12.0. The van der Waals surface area contributed by atoms with Crippen LogP contribution in [0.3, 0.4) is 0 Å². The third kappa shape index (κ3) is 6.10. The van der Waals surface area contributed by atoms with E-state index in [0.717, 1.165) is 4.90 Å². The van der Waals surface area contributed by atoms with Gasteiger partial charge in [0.05, 0.1) is 5.25 Å². The minimum absolute atomic E-state index is 0.000650. The fourth-order valence-corrected chi connectivity index (χ4v) is 2.67. The average molecular weight is 322 g/mol. The average Bonchev–Trinajstić information content (AvgIpc) is 2.36. The lowest BCUT2D eigenvalue weighted by molar-refractivity contribution is -0.119. The molecule has 3 amide bonds. The number of imide groups is 1. The Hall–Kier alpha value is -1.49. The van der Waals surface area contributed by atoms with Crippen LogP contribution in [0.1, 0.15) is 47.1 Å². The molecule has 0 bridgehead atoms. The highest BCUT2D eigenvalue weighted by atomic mass is 32.2. The third-order valence-electron chi connectivity index (χ3n) is 3.06. The van der Waals surface area contributed by atoms with Crippen molar-refractivity contribution >= 4 is 23.7 Å². The molecule has 1 rings (SSSR count). The summed E-state index contributed by atoms with van der Waals surface area (Å²) in [5.41, 5.74) is 1.37. The van der Waals surface area contributed by atoms with Gasteiger partial charge in [-0.25, -0.2) is 4.79 Å². The predicted molar refractivity (Wildman–Crippen MR) is 92.3 cm³/mol. The summed E-state index contributed by atoms with van der Waals surface area (Å²) in [5, 5.41) is 4.66. The van der Waals surface area contributed by atoms with E-state index in [4.69, 9.17) is 0 Å². The number of amides is 3. The van der Waals surface area contributed by atoms with Crippen LogP contribution in [0.25, 0.3) is 0 Å². The van der Waals surface area contributed by atoms with Crippen LogP contribution in [0.15, 0.2) is 29.2 Å². The standard InChI is InChI=1S/C17H26N2O2S/c1-11(2)18-16(21)19-15(20)12(3)22-14-9-7-13(8-10-14)17(4,5)6/h7-12H,1-6H3,(H2,18,19,20,21)/t12-/m1/s1. The Morgan fingerprint density at radius 1 is 1.05 bits per heavy atom. The molecule has 0 aliphatic heterocycles. The number of nitrogens with one attached hydrogen (secondary N) is 2. The number of hydrogen-bond donors (Lipinski definition) is 2. The lowest BCUT2D eigenvalue weighted by Gasteiger charge is -2.19. The Balaban J connectivity index is 2.59. The van der Waals surface area contributed by atoms with Gasteiger partial charge in [0.25, 0.3) is 0 Å². The van der Waals surface area contributed by atoms with Gasteiger partial charge in [-0.15, -0.1) is 11.8 Å². The smallest absolute Gasteiger partial charge is 0.321 e. The second kappa shape index (κ2) is 7.68. The van der Waals surface area contributed by atoms with E-state index in [1.54, 1.807) is 6.92 Å². The van der Waals surface area contributed by atoms with Gasteiger partial charge >= 0.3 is 6.03 Å². The second-order valence-corrected chi connectivity index (χ2v) is 8.07. The van der Waals surface area contributed by atoms with Crippen LogP contribution in [0, 0.1) is 0 Å². The Labute approximate surface area is 137 Å². The molecule has 0 spiro atoms. The second-order valence-electron chi connectivity index (χ2n) is 6.65. The number of thioether (sulfide) groups is 1. The molecule has 0 aliphatic carbocycles. The van der Waals surface area contributed by atoms with Crippen LogP contribution in [0.2, 0.25) is 0 Å². The van der Waals surface area contributed by atoms with E-state index >= 15 is 0 Å². The van der Waals surface area contributed by atoms with Gasteiger partial charge in [-0.2, -0.15) is 0 Å². The Morgan fingerprint density at radius 2 is 1.59 bits per heavy atom. The highest BCUT2D eigenvalue weighted by molar-refractivity contribution is 8.00. The number of urea groups is 1. The molecule has 22 heavy (non-hydrogen) atoms. The monoisotopic (exact) mass is 322 g/mol. The zero-order valence-electron chi connectivity index (χ0n) is 14.2. The summed E-state index contributed by atoms with van der Waals surface area (Å²) in [7, 11) is 0. The van der Waals surface area contributed by atoms with E-state index in [9.17, 15) is 9.59 Å². The first-order valence-corrected chi connectivity index (χ1v) is 8.36. The molecule has 0 radical (unpaired) electrons. The Morgan fingerprint density at radius 3 is 2.05 bits per heavy atom. The Kier molecular flexibility index (Phi) is 6.48. The van der Waals surface area contributed by atoms with Crippen LogP contribution in [0.5, 0.6) is 0 Å². The van der Waals surface area contributed by atoms with Gasteiger partial charge in [-0.3, -0.25) is 10.1 Å². The van der Waals surface area contributed by atoms with E-state index in [1.807, 2.05) is 26.0 Å². The summed E-state index contributed by atoms with van der Waals surface area (Å²) in [6.45, 7) is 12.0. The molecule has 0 unspecified atom stereocenters. The molecule has 0 aromatic heterocycles. The molecule has 1 aromatic carbocycles. The summed E-state index contributed by atoms with van der Waals surface area (Å²) in [6, 6.07) is 7.75. The number of carbonyl (C=O) groups is 2. The van der Waals surface area contributed by atoms with E-state index in [-0.39, 0.29) is 22.6 Å². The van der Waals surface area contributed by atoms with Gasteiger partial charge in [0, 0.05) is 10.9 Å². The molecule has 2 N–H and O–H groups in total.